The summed E-state index contributed by atoms with van der Waals surface area (Å²) in [4.78, 5) is 25.9. The van der Waals surface area contributed by atoms with Crippen LogP contribution >= 0.6 is 23.2 Å². The Balaban J connectivity index is 2.00. The number of amides is 2. The topological polar surface area (TPSA) is 67.9 Å². The van der Waals surface area contributed by atoms with E-state index in [1.807, 2.05) is 0 Å². The molecule has 2 amide bonds. The zero-order valence-electron chi connectivity index (χ0n) is 13.8. The van der Waals surface area contributed by atoms with Gasteiger partial charge in [-0.2, -0.15) is 0 Å². The summed E-state index contributed by atoms with van der Waals surface area (Å²) in [6.45, 7) is 6.10. The molecular weight excluding hydrogens is 355 g/mol. The van der Waals surface area contributed by atoms with Gasteiger partial charge >= 0.3 is 6.09 Å². The molecule has 1 atom stereocenters. The molecule has 6 nitrogen and oxygen atoms in total. The van der Waals surface area contributed by atoms with Crippen LogP contribution in [0.3, 0.4) is 0 Å². The molecule has 0 radical (unpaired) electrons. The number of carbonyl (C=O) groups excluding carboxylic acids is 2. The number of halogens is 2. The van der Waals surface area contributed by atoms with Crippen molar-refractivity contribution in [3.63, 3.8) is 0 Å². The fourth-order valence-electron chi connectivity index (χ4n) is 2.11. The highest BCUT2D eigenvalue weighted by atomic mass is 35.5. The van der Waals surface area contributed by atoms with Crippen molar-refractivity contribution in [1.29, 1.82) is 0 Å². The second-order valence-electron chi connectivity index (χ2n) is 6.38. The second-order valence-corrected chi connectivity index (χ2v) is 7.16. The number of rotatable bonds is 2. The lowest BCUT2D eigenvalue weighted by atomic mass is 10.2. The monoisotopic (exact) mass is 374 g/mol. The molecule has 1 N–H and O–H groups in total. The van der Waals surface area contributed by atoms with Gasteiger partial charge in [0.05, 0.1) is 28.9 Å². The summed E-state index contributed by atoms with van der Waals surface area (Å²) in [6, 6.07) is 4.94. The maximum atomic E-state index is 12.4. The Morgan fingerprint density at radius 2 is 2.04 bits per heavy atom. The number of nitrogens with one attached hydrogen (secondary N) is 1. The molecule has 1 aromatic carbocycles. The standard InChI is InChI=1S/C16H20Cl2N2O4/c1-16(2,3)24-15(22)20-7-8-23-12(9-20)14(21)19-11-6-4-5-10(17)13(11)18/h4-6,12H,7-9H2,1-3H3,(H,19,21)/t12-/m1/s1. The Bertz CT molecular complexity index is 631. The molecule has 24 heavy (non-hydrogen) atoms. The molecule has 0 aliphatic carbocycles. The first kappa shape index (κ1) is 18.8. The van der Waals surface area contributed by atoms with Crippen molar-refractivity contribution in [1.82, 2.24) is 4.90 Å². The van der Waals surface area contributed by atoms with Gasteiger partial charge in [0.1, 0.15) is 5.60 Å². The van der Waals surface area contributed by atoms with E-state index in [4.69, 9.17) is 32.7 Å². The normalized spacial score (nSPS) is 18.2. The van der Waals surface area contributed by atoms with Gasteiger partial charge in [-0.1, -0.05) is 29.3 Å². The van der Waals surface area contributed by atoms with Crippen LogP contribution in [0.25, 0.3) is 0 Å². The number of carbonyl (C=O) groups is 2. The zero-order chi connectivity index (χ0) is 17.9. The van der Waals surface area contributed by atoms with Crippen LogP contribution in [0.15, 0.2) is 18.2 Å². The molecule has 0 bridgehead atoms. The summed E-state index contributed by atoms with van der Waals surface area (Å²) in [7, 11) is 0. The predicted octanol–water partition coefficient (Wildman–Crippen LogP) is 3.57. The highest BCUT2D eigenvalue weighted by molar-refractivity contribution is 6.44. The minimum absolute atomic E-state index is 0.110. The third-order valence-electron chi connectivity index (χ3n) is 3.22. The van der Waals surface area contributed by atoms with E-state index in [0.717, 1.165) is 0 Å². The Hall–Kier alpha value is -1.50. The Labute approximate surface area is 151 Å². The van der Waals surface area contributed by atoms with Gasteiger partial charge in [-0.25, -0.2) is 4.79 Å². The highest BCUT2D eigenvalue weighted by Gasteiger charge is 2.32. The summed E-state index contributed by atoms with van der Waals surface area (Å²) in [5, 5.41) is 3.27. The Morgan fingerprint density at radius 3 is 2.71 bits per heavy atom. The second kappa shape index (κ2) is 7.59. The number of anilines is 1. The van der Waals surface area contributed by atoms with Crippen molar-refractivity contribution >= 4 is 40.9 Å². The van der Waals surface area contributed by atoms with Crippen molar-refractivity contribution in [3.8, 4) is 0 Å². The van der Waals surface area contributed by atoms with E-state index in [1.165, 1.54) is 4.90 Å². The van der Waals surface area contributed by atoms with Gasteiger partial charge in [-0.15, -0.1) is 0 Å². The fraction of sp³-hybridized carbons (Fsp3) is 0.500. The van der Waals surface area contributed by atoms with Gasteiger partial charge in [-0.05, 0) is 32.9 Å². The summed E-state index contributed by atoms with van der Waals surface area (Å²) in [5.41, 5.74) is -0.200. The minimum Gasteiger partial charge on any atom is -0.444 e. The highest BCUT2D eigenvalue weighted by Crippen LogP contribution is 2.29. The lowest BCUT2D eigenvalue weighted by Gasteiger charge is -2.33. The maximum absolute atomic E-state index is 12.4. The van der Waals surface area contributed by atoms with Crippen molar-refractivity contribution in [2.75, 3.05) is 25.0 Å². The van der Waals surface area contributed by atoms with E-state index in [9.17, 15) is 9.59 Å². The van der Waals surface area contributed by atoms with Gasteiger partial charge in [0.15, 0.2) is 6.10 Å². The minimum atomic E-state index is -0.804. The summed E-state index contributed by atoms with van der Waals surface area (Å²) in [5.74, 6) is -0.396. The summed E-state index contributed by atoms with van der Waals surface area (Å²) in [6.07, 6.45) is -1.27. The Kier molecular flexibility index (Phi) is 5.96. The molecule has 1 saturated heterocycles. The number of nitrogens with zero attached hydrogens (tertiary/aromatic N) is 1. The first-order valence-electron chi connectivity index (χ1n) is 7.52. The van der Waals surface area contributed by atoms with Crippen LogP contribution in [0, 0.1) is 0 Å². The lowest BCUT2D eigenvalue weighted by molar-refractivity contribution is -0.132. The largest absolute Gasteiger partial charge is 0.444 e. The number of morpholine rings is 1. The molecule has 0 unspecified atom stereocenters. The quantitative estimate of drug-likeness (QED) is 0.858. The van der Waals surface area contributed by atoms with E-state index < -0.39 is 23.7 Å². The van der Waals surface area contributed by atoms with E-state index in [0.29, 0.717) is 17.3 Å². The molecule has 0 saturated carbocycles. The SMILES string of the molecule is CC(C)(C)OC(=O)N1CCO[C@@H](C(=O)Nc2cccc(Cl)c2Cl)C1. The third kappa shape index (κ3) is 5.00. The predicted molar refractivity (Wildman–Crippen MR) is 92.6 cm³/mol. The average Bonchev–Trinajstić information content (AvgIpc) is 2.50. The molecule has 0 spiro atoms. The summed E-state index contributed by atoms with van der Waals surface area (Å²) < 4.78 is 10.8. The van der Waals surface area contributed by atoms with Gasteiger partial charge in [0.25, 0.3) is 5.91 Å². The van der Waals surface area contributed by atoms with Crippen LogP contribution in [0.4, 0.5) is 10.5 Å². The van der Waals surface area contributed by atoms with Crippen molar-refractivity contribution < 1.29 is 19.1 Å². The van der Waals surface area contributed by atoms with Crippen molar-refractivity contribution in [2.45, 2.75) is 32.5 Å². The van der Waals surface area contributed by atoms with E-state index in [2.05, 4.69) is 5.32 Å². The van der Waals surface area contributed by atoms with Crippen LogP contribution in [-0.4, -0.2) is 48.3 Å². The number of hydrogen-bond donors (Lipinski definition) is 1. The number of benzene rings is 1. The number of ether oxygens (including phenoxy) is 2. The third-order valence-corrected chi connectivity index (χ3v) is 4.04. The van der Waals surface area contributed by atoms with Crippen LogP contribution in [0.2, 0.25) is 10.0 Å². The first-order valence-corrected chi connectivity index (χ1v) is 8.27. The molecule has 1 aliphatic rings. The summed E-state index contributed by atoms with van der Waals surface area (Å²) >= 11 is 12.0. The van der Waals surface area contributed by atoms with Gasteiger partial charge in [0.2, 0.25) is 0 Å². The van der Waals surface area contributed by atoms with Gasteiger partial charge in [-0.3, -0.25) is 4.79 Å². The molecule has 0 aromatic heterocycles. The molecule has 1 aromatic rings. The molecule has 132 valence electrons. The molecule has 1 fully saturated rings. The van der Waals surface area contributed by atoms with Crippen LogP contribution < -0.4 is 5.32 Å². The molecule has 1 aliphatic heterocycles. The molecule has 2 rings (SSSR count). The maximum Gasteiger partial charge on any atom is 0.410 e. The van der Waals surface area contributed by atoms with Crippen molar-refractivity contribution in [3.05, 3.63) is 28.2 Å². The van der Waals surface area contributed by atoms with E-state index in [-0.39, 0.29) is 18.2 Å². The Morgan fingerprint density at radius 1 is 1.33 bits per heavy atom. The van der Waals surface area contributed by atoms with Crippen LogP contribution in [0.1, 0.15) is 20.8 Å². The average molecular weight is 375 g/mol. The molecule has 1 heterocycles. The smallest absolute Gasteiger partial charge is 0.410 e. The molecule has 8 heteroatoms. The van der Waals surface area contributed by atoms with E-state index >= 15 is 0 Å². The van der Waals surface area contributed by atoms with Gasteiger partial charge < -0.3 is 19.7 Å². The van der Waals surface area contributed by atoms with E-state index in [1.54, 1.807) is 39.0 Å². The van der Waals surface area contributed by atoms with Gasteiger partial charge in [0, 0.05) is 6.54 Å². The molecular formula is C16H20Cl2N2O4. The lowest BCUT2D eigenvalue weighted by Crippen LogP contribution is -2.51. The fourth-order valence-corrected chi connectivity index (χ4v) is 2.46. The van der Waals surface area contributed by atoms with Crippen molar-refractivity contribution in [2.24, 2.45) is 0 Å². The zero-order valence-corrected chi connectivity index (χ0v) is 15.3. The van der Waals surface area contributed by atoms with Crippen LogP contribution in [0.5, 0.6) is 0 Å². The number of hydrogen-bond acceptors (Lipinski definition) is 4. The first-order chi connectivity index (χ1) is 11.2. The van der Waals surface area contributed by atoms with Crippen LogP contribution in [-0.2, 0) is 14.3 Å².